The summed E-state index contributed by atoms with van der Waals surface area (Å²) in [6, 6.07) is 10.4. The number of aromatic nitrogens is 3. The van der Waals surface area contributed by atoms with Crippen molar-refractivity contribution >= 4 is 10.9 Å². The van der Waals surface area contributed by atoms with Gasteiger partial charge in [-0.2, -0.15) is 0 Å². The maximum atomic E-state index is 5.76. The van der Waals surface area contributed by atoms with Gasteiger partial charge in [-0.25, -0.2) is 0 Å². The SMILES string of the molecule is CCc1nnc(-c2cc3ccccc3n2CCC2OCCO2)o1. The second-order valence-electron chi connectivity index (χ2n) is 5.55. The Balaban J connectivity index is 1.71. The first kappa shape index (κ1) is 14.4. The highest BCUT2D eigenvalue weighted by Crippen LogP contribution is 2.28. The van der Waals surface area contributed by atoms with Crippen LogP contribution in [-0.4, -0.2) is 34.3 Å². The Bertz CT molecular complexity index is 802. The van der Waals surface area contributed by atoms with Crippen LogP contribution in [0.1, 0.15) is 19.2 Å². The van der Waals surface area contributed by atoms with Crippen LogP contribution in [0.3, 0.4) is 0 Å². The van der Waals surface area contributed by atoms with Gasteiger partial charge in [-0.15, -0.1) is 10.2 Å². The smallest absolute Gasteiger partial charge is 0.264 e. The molecule has 0 N–H and O–H groups in total. The molecule has 1 fully saturated rings. The monoisotopic (exact) mass is 313 g/mol. The molecule has 120 valence electrons. The zero-order valence-electron chi connectivity index (χ0n) is 13.1. The number of fused-ring (bicyclic) bond motifs is 1. The average Bonchev–Trinajstić information content (AvgIpc) is 3.31. The second-order valence-corrected chi connectivity index (χ2v) is 5.55. The highest BCUT2D eigenvalue weighted by atomic mass is 16.7. The lowest BCUT2D eigenvalue weighted by Crippen LogP contribution is -2.12. The maximum Gasteiger partial charge on any atom is 0.264 e. The summed E-state index contributed by atoms with van der Waals surface area (Å²) in [6.07, 6.45) is 1.40. The fourth-order valence-electron chi connectivity index (χ4n) is 2.94. The molecule has 6 heteroatoms. The van der Waals surface area contributed by atoms with Crippen LogP contribution in [0.2, 0.25) is 0 Å². The first-order chi connectivity index (χ1) is 11.3. The second kappa shape index (κ2) is 6.14. The van der Waals surface area contributed by atoms with Gasteiger partial charge in [-0.3, -0.25) is 0 Å². The van der Waals surface area contributed by atoms with E-state index in [1.807, 2.05) is 19.1 Å². The minimum atomic E-state index is -0.127. The van der Waals surface area contributed by atoms with Crippen molar-refractivity contribution in [3.8, 4) is 11.6 Å². The molecule has 3 aromatic rings. The molecule has 0 radical (unpaired) electrons. The Morgan fingerprint density at radius 1 is 1.17 bits per heavy atom. The number of aryl methyl sites for hydroxylation is 2. The van der Waals surface area contributed by atoms with E-state index in [4.69, 9.17) is 13.9 Å². The summed E-state index contributed by atoms with van der Waals surface area (Å²) in [5.74, 6) is 1.21. The predicted molar refractivity (Wildman–Crippen MR) is 84.9 cm³/mol. The third-order valence-corrected chi connectivity index (χ3v) is 4.08. The van der Waals surface area contributed by atoms with E-state index in [0.717, 1.165) is 36.0 Å². The summed E-state index contributed by atoms with van der Waals surface area (Å²) < 4.78 is 19.0. The van der Waals surface area contributed by atoms with E-state index in [1.165, 1.54) is 0 Å². The van der Waals surface area contributed by atoms with E-state index in [0.29, 0.717) is 25.0 Å². The van der Waals surface area contributed by atoms with Crippen molar-refractivity contribution in [1.29, 1.82) is 0 Å². The summed E-state index contributed by atoms with van der Waals surface area (Å²) in [7, 11) is 0. The molecule has 0 saturated carbocycles. The van der Waals surface area contributed by atoms with E-state index in [1.54, 1.807) is 0 Å². The van der Waals surface area contributed by atoms with Crippen molar-refractivity contribution in [3.05, 3.63) is 36.2 Å². The average molecular weight is 313 g/mol. The minimum absolute atomic E-state index is 0.127. The Labute approximate surface area is 134 Å². The van der Waals surface area contributed by atoms with Crippen molar-refractivity contribution in [2.45, 2.75) is 32.6 Å². The molecule has 0 bridgehead atoms. The molecule has 0 unspecified atom stereocenters. The van der Waals surface area contributed by atoms with E-state index in [2.05, 4.69) is 33.0 Å². The Morgan fingerprint density at radius 2 is 2.00 bits per heavy atom. The summed E-state index contributed by atoms with van der Waals surface area (Å²) in [5.41, 5.74) is 2.09. The number of nitrogens with zero attached hydrogens (tertiary/aromatic N) is 3. The van der Waals surface area contributed by atoms with Crippen LogP contribution in [0.4, 0.5) is 0 Å². The molecule has 0 amide bonds. The molecule has 3 heterocycles. The predicted octanol–water partition coefficient (Wildman–Crippen LogP) is 3.02. The van der Waals surface area contributed by atoms with Gasteiger partial charge in [0.1, 0.15) is 5.69 Å². The van der Waals surface area contributed by atoms with Crippen LogP contribution in [-0.2, 0) is 22.4 Å². The van der Waals surface area contributed by atoms with E-state index >= 15 is 0 Å². The van der Waals surface area contributed by atoms with Crippen LogP contribution in [0.15, 0.2) is 34.7 Å². The Morgan fingerprint density at radius 3 is 2.78 bits per heavy atom. The lowest BCUT2D eigenvalue weighted by molar-refractivity contribution is -0.0488. The molecular weight excluding hydrogens is 294 g/mol. The quantitative estimate of drug-likeness (QED) is 0.724. The summed E-state index contributed by atoms with van der Waals surface area (Å²) in [4.78, 5) is 0. The van der Waals surface area contributed by atoms with Crippen molar-refractivity contribution in [2.24, 2.45) is 0 Å². The van der Waals surface area contributed by atoms with Gasteiger partial charge in [-0.1, -0.05) is 25.1 Å². The van der Waals surface area contributed by atoms with Gasteiger partial charge in [0, 0.05) is 30.3 Å². The highest BCUT2D eigenvalue weighted by Gasteiger charge is 2.19. The molecule has 6 nitrogen and oxygen atoms in total. The number of para-hydroxylation sites is 1. The summed E-state index contributed by atoms with van der Waals surface area (Å²) in [5, 5.41) is 9.43. The normalized spacial score (nSPS) is 15.7. The zero-order valence-corrected chi connectivity index (χ0v) is 13.1. The molecule has 0 aliphatic carbocycles. The zero-order chi connectivity index (χ0) is 15.6. The number of rotatable bonds is 5. The van der Waals surface area contributed by atoms with Gasteiger partial charge in [0.25, 0.3) is 5.89 Å². The summed E-state index contributed by atoms with van der Waals surface area (Å²) >= 11 is 0. The van der Waals surface area contributed by atoms with Crippen molar-refractivity contribution in [2.75, 3.05) is 13.2 Å². The first-order valence-corrected chi connectivity index (χ1v) is 7.99. The van der Waals surface area contributed by atoms with Crippen LogP contribution < -0.4 is 0 Å². The van der Waals surface area contributed by atoms with Gasteiger partial charge in [-0.05, 0) is 12.1 Å². The molecule has 23 heavy (non-hydrogen) atoms. The minimum Gasteiger partial charge on any atom is -0.419 e. The standard InChI is InChI=1S/C17H19N3O3/c1-2-15-18-19-17(23-15)14-11-12-5-3-4-6-13(12)20(14)8-7-16-21-9-10-22-16/h3-6,11,16H,2,7-10H2,1H3. The Hall–Kier alpha value is -2.18. The van der Waals surface area contributed by atoms with Crippen LogP contribution in [0, 0.1) is 0 Å². The lowest BCUT2D eigenvalue weighted by atomic mass is 10.2. The summed E-state index contributed by atoms with van der Waals surface area (Å²) in [6.45, 7) is 4.12. The topological polar surface area (TPSA) is 62.3 Å². The Kier molecular flexibility index (Phi) is 3.85. The number of benzene rings is 1. The van der Waals surface area contributed by atoms with Gasteiger partial charge in [0.05, 0.1) is 13.2 Å². The van der Waals surface area contributed by atoms with Gasteiger partial charge in [0.15, 0.2) is 6.29 Å². The fourth-order valence-corrected chi connectivity index (χ4v) is 2.94. The largest absolute Gasteiger partial charge is 0.419 e. The first-order valence-electron chi connectivity index (χ1n) is 7.99. The lowest BCUT2D eigenvalue weighted by Gasteiger charge is -2.12. The molecule has 0 spiro atoms. The van der Waals surface area contributed by atoms with Crippen LogP contribution >= 0.6 is 0 Å². The maximum absolute atomic E-state index is 5.76. The van der Waals surface area contributed by atoms with Crippen molar-refractivity contribution < 1.29 is 13.9 Å². The fraction of sp³-hybridized carbons (Fsp3) is 0.412. The van der Waals surface area contributed by atoms with Gasteiger partial charge < -0.3 is 18.5 Å². The van der Waals surface area contributed by atoms with Crippen LogP contribution in [0.5, 0.6) is 0 Å². The van der Waals surface area contributed by atoms with E-state index < -0.39 is 0 Å². The van der Waals surface area contributed by atoms with Gasteiger partial charge >= 0.3 is 0 Å². The molecule has 2 aromatic heterocycles. The third kappa shape index (κ3) is 2.75. The number of ether oxygens (including phenoxy) is 2. The number of hydrogen-bond acceptors (Lipinski definition) is 5. The molecule has 1 aromatic carbocycles. The van der Waals surface area contributed by atoms with E-state index in [-0.39, 0.29) is 6.29 Å². The number of hydrogen-bond donors (Lipinski definition) is 0. The van der Waals surface area contributed by atoms with E-state index in [9.17, 15) is 0 Å². The molecule has 0 atom stereocenters. The third-order valence-electron chi connectivity index (χ3n) is 4.08. The van der Waals surface area contributed by atoms with Crippen LogP contribution in [0.25, 0.3) is 22.5 Å². The highest BCUT2D eigenvalue weighted by molar-refractivity contribution is 5.85. The van der Waals surface area contributed by atoms with Crippen molar-refractivity contribution in [3.63, 3.8) is 0 Å². The molecule has 1 saturated heterocycles. The molecule has 1 aliphatic rings. The molecule has 4 rings (SSSR count). The van der Waals surface area contributed by atoms with Crippen molar-refractivity contribution in [1.82, 2.24) is 14.8 Å². The molecule has 1 aliphatic heterocycles. The molecular formula is C17H19N3O3. The van der Waals surface area contributed by atoms with Gasteiger partial charge in [0.2, 0.25) is 5.89 Å².